The van der Waals surface area contributed by atoms with Crippen LogP contribution in [-0.2, 0) is 4.79 Å². The first-order valence-electron chi connectivity index (χ1n) is 3.80. The van der Waals surface area contributed by atoms with Crippen molar-refractivity contribution in [1.82, 2.24) is 4.90 Å². The molecule has 0 aliphatic carbocycles. The summed E-state index contributed by atoms with van der Waals surface area (Å²) in [4.78, 5) is 12.7. The summed E-state index contributed by atoms with van der Waals surface area (Å²) in [7, 11) is 0. The quantitative estimate of drug-likeness (QED) is 0.562. The number of hydrogen-bond donors (Lipinski definition) is 1. The van der Waals surface area contributed by atoms with Crippen LogP contribution in [0.5, 0.6) is 0 Å². The number of unbranched alkanes of at least 4 members (excludes halogenated alkanes) is 1. The van der Waals surface area contributed by atoms with E-state index < -0.39 is 0 Å². The average molecular weight is 142 g/mol. The zero-order chi connectivity index (χ0) is 7.56. The Balaban J connectivity index is 2.15. The Morgan fingerprint density at radius 1 is 1.80 bits per heavy atom. The van der Waals surface area contributed by atoms with Crippen LogP contribution < -0.4 is 5.73 Å². The Labute approximate surface area is 61.2 Å². The average Bonchev–Trinajstić information content (AvgIpc) is 1.97. The van der Waals surface area contributed by atoms with Crippen molar-refractivity contribution in [2.45, 2.75) is 25.8 Å². The van der Waals surface area contributed by atoms with Gasteiger partial charge < -0.3 is 10.6 Å². The maximum absolute atomic E-state index is 10.9. The Morgan fingerprint density at radius 2 is 2.50 bits per heavy atom. The monoisotopic (exact) mass is 142 g/mol. The molecule has 1 amide bonds. The van der Waals surface area contributed by atoms with Gasteiger partial charge in [-0.15, -0.1) is 0 Å². The fourth-order valence-corrected chi connectivity index (χ4v) is 1.08. The van der Waals surface area contributed by atoms with Crippen LogP contribution >= 0.6 is 0 Å². The molecule has 1 fully saturated rings. The van der Waals surface area contributed by atoms with Gasteiger partial charge in [-0.05, 0) is 6.42 Å². The molecule has 0 aromatic heterocycles. The van der Waals surface area contributed by atoms with Gasteiger partial charge >= 0.3 is 0 Å². The zero-order valence-corrected chi connectivity index (χ0v) is 6.34. The lowest BCUT2D eigenvalue weighted by Gasteiger charge is -2.36. The molecule has 0 aromatic rings. The molecule has 0 saturated carbocycles. The van der Waals surface area contributed by atoms with Gasteiger partial charge in [0, 0.05) is 13.1 Å². The summed E-state index contributed by atoms with van der Waals surface area (Å²) in [6.07, 6.45) is 2.23. The van der Waals surface area contributed by atoms with Gasteiger partial charge in [-0.2, -0.15) is 0 Å². The lowest BCUT2D eigenvalue weighted by molar-refractivity contribution is -0.142. The number of likely N-dealkylation sites (tertiary alicyclic amines) is 1. The molecule has 3 heteroatoms. The molecule has 0 radical (unpaired) electrons. The second-order valence-electron chi connectivity index (χ2n) is 2.74. The lowest BCUT2D eigenvalue weighted by atomic mass is 10.1. The smallest absolute Gasteiger partial charge is 0.241 e. The standard InChI is InChI=1S/C7H14N2O/c1-2-3-4-9-5-6(8)7(9)10/h6H,2-5,8H2,1H3. The molecule has 10 heavy (non-hydrogen) atoms. The number of rotatable bonds is 3. The van der Waals surface area contributed by atoms with E-state index in [1.807, 2.05) is 4.90 Å². The summed E-state index contributed by atoms with van der Waals surface area (Å²) in [5.74, 6) is 0.119. The van der Waals surface area contributed by atoms with Crippen LogP contribution in [0, 0.1) is 0 Å². The van der Waals surface area contributed by atoms with Crippen molar-refractivity contribution in [2.24, 2.45) is 5.73 Å². The van der Waals surface area contributed by atoms with E-state index in [1.54, 1.807) is 0 Å². The van der Waals surface area contributed by atoms with Gasteiger partial charge in [0.1, 0.15) is 6.04 Å². The van der Waals surface area contributed by atoms with Crippen LogP contribution in [0.3, 0.4) is 0 Å². The molecule has 58 valence electrons. The van der Waals surface area contributed by atoms with E-state index in [0.717, 1.165) is 25.9 Å². The number of nitrogens with two attached hydrogens (primary N) is 1. The highest BCUT2D eigenvalue weighted by Gasteiger charge is 2.32. The summed E-state index contributed by atoms with van der Waals surface area (Å²) in [5, 5.41) is 0. The molecule has 1 aliphatic heterocycles. The predicted molar refractivity (Wildman–Crippen MR) is 39.5 cm³/mol. The topological polar surface area (TPSA) is 46.3 Å². The third-order valence-electron chi connectivity index (χ3n) is 1.83. The van der Waals surface area contributed by atoms with Crippen LogP contribution in [0.2, 0.25) is 0 Å². The second kappa shape index (κ2) is 3.01. The molecule has 1 aliphatic rings. The maximum Gasteiger partial charge on any atom is 0.241 e. The lowest BCUT2D eigenvalue weighted by Crippen LogP contribution is -2.60. The number of hydrogen-bond acceptors (Lipinski definition) is 2. The highest BCUT2D eigenvalue weighted by molar-refractivity contribution is 5.87. The largest absolute Gasteiger partial charge is 0.339 e. The summed E-state index contributed by atoms with van der Waals surface area (Å²) in [6.45, 7) is 3.77. The third kappa shape index (κ3) is 1.29. The van der Waals surface area contributed by atoms with Gasteiger partial charge in [0.05, 0.1) is 0 Å². The van der Waals surface area contributed by atoms with Crippen LogP contribution in [0.1, 0.15) is 19.8 Å². The summed E-state index contributed by atoms with van der Waals surface area (Å²) < 4.78 is 0. The van der Waals surface area contributed by atoms with Crippen molar-refractivity contribution in [1.29, 1.82) is 0 Å². The molecule has 2 N–H and O–H groups in total. The van der Waals surface area contributed by atoms with E-state index in [4.69, 9.17) is 5.73 Å². The van der Waals surface area contributed by atoms with Crippen molar-refractivity contribution < 1.29 is 4.79 Å². The van der Waals surface area contributed by atoms with Crippen LogP contribution in [-0.4, -0.2) is 29.9 Å². The first kappa shape index (κ1) is 7.54. The van der Waals surface area contributed by atoms with Crippen molar-refractivity contribution >= 4 is 5.91 Å². The van der Waals surface area contributed by atoms with E-state index in [0.29, 0.717) is 0 Å². The Morgan fingerprint density at radius 3 is 2.90 bits per heavy atom. The molecule has 0 spiro atoms. The maximum atomic E-state index is 10.9. The van der Waals surface area contributed by atoms with Gasteiger partial charge in [0.15, 0.2) is 0 Å². The van der Waals surface area contributed by atoms with Gasteiger partial charge in [-0.1, -0.05) is 13.3 Å². The van der Waals surface area contributed by atoms with Crippen LogP contribution in [0.15, 0.2) is 0 Å². The highest BCUT2D eigenvalue weighted by atomic mass is 16.2. The minimum absolute atomic E-state index is 0.119. The predicted octanol–water partition coefficient (Wildman–Crippen LogP) is -0.0440. The number of carbonyl (C=O) groups excluding carboxylic acids is 1. The normalized spacial score (nSPS) is 24.8. The third-order valence-corrected chi connectivity index (χ3v) is 1.83. The molecule has 1 atom stereocenters. The second-order valence-corrected chi connectivity index (χ2v) is 2.74. The Hall–Kier alpha value is -0.570. The molecule has 1 rings (SSSR count). The van der Waals surface area contributed by atoms with Crippen molar-refractivity contribution in [3.8, 4) is 0 Å². The van der Waals surface area contributed by atoms with Gasteiger partial charge in [-0.3, -0.25) is 4.79 Å². The SMILES string of the molecule is CCCCN1CC(N)C1=O. The van der Waals surface area contributed by atoms with E-state index in [1.165, 1.54) is 0 Å². The fourth-order valence-electron chi connectivity index (χ4n) is 1.08. The van der Waals surface area contributed by atoms with Crippen molar-refractivity contribution in [3.05, 3.63) is 0 Å². The van der Waals surface area contributed by atoms with Gasteiger partial charge in [0.25, 0.3) is 0 Å². The number of amides is 1. The van der Waals surface area contributed by atoms with E-state index in [2.05, 4.69) is 6.92 Å². The minimum atomic E-state index is -0.197. The summed E-state index contributed by atoms with van der Waals surface area (Å²) in [5.41, 5.74) is 5.39. The molecule has 0 bridgehead atoms. The molecular weight excluding hydrogens is 128 g/mol. The minimum Gasteiger partial charge on any atom is -0.339 e. The van der Waals surface area contributed by atoms with E-state index in [-0.39, 0.29) is 11.9 Å². The van der Waals surface area contributed by atoms with Crippen LogP contribution in [0.4, 0.5) is 0 Å². The molecule has 3 nitrogen and oxygen atoms in total. The number of nitrogens with zero attached hydrogens (tertiary/aromatic N) is 1. The van der Waals surface area contributed by atoms with Crippen molar-refractivity contribution in [3.63, 3.8) is 0 Å². The van der Waals surface area contributed by atoms with E-state index in [9.17, 15) is 4.79 Å². The van der Waals surface area contributed by atoms with Gasteiger partial charge in [0.2, 0.25) is 5.91 Å². The Kier molecular flexibility index (Phi) is 2.27. The highest BCUT2D eigenvalue weighted by Crippen LogP contribution is 2.08. The summed E-state index contributed by atoms with van der Waals surface area (Å²) >= 11 is 0. The number of β-lactam (4-membered cyclic amide) rings is 1. The van der Waals surface area contributed by atoms with Gasteiger partial charge in [-0.25, -0.2) is 0 Å². The first-order chi connectivity index (χ1) is 4.75. The molecule has 1 unspecified atom stereocenters. The Bertz CT molecular complexity index is 136. The van der Waals surface area contributed by atoms with E-state index >= 15 is 0 Å². The number of carbonyl (C=O) groups is 1. The summed E-state index contributed by atoms with van der Waals surface area (Å²) in [6, 6.07) is -0.197. The molecule has 0 aromatic carbocycles. The zero-order valence-electron chi connectivity index (χ0n) is 6.34. The molecule has 1 saturated heterocycles. The van der Waals surface area contributed by atoms with Crippen LogP contribution in [0.25, 0.3) is 0 Å². The molecular formula is C7H14N2O. The first-order valence-corrected chi connectivity index (χ1v) is 3.80. The van der Waals surface area contributed by atoms with Crippen molar-refractivity contribution in [2.75, 3.05) is 13.1 Å². The molecule has 1 heterocycles. The fraction of sp³-hybridized carbons (Fsp3) is 0.857.